The molecule has 0 aliphatic carbocycles. The number of ether oxygens (including phenoxy) is 1. The van der Waals surface area contributed by atoms with E-state index in [0.29, 0.717) is 12.3 Å². The number of hydrogen-bond donors (Lipinski definition) is 2. The number of carboxylic acid groups (broad SMARTS) is 1. The average molecular weight is 383 g/mol. The maximum Gasteiger partial charge on any atom is 0.335 e. The molecule has 0 saturated carbocycles. The molecule has 0 bridgehead atoms. The third-order valence-electron chi connectivity index (χ3n) is 5.01. The largest absolute Gasteiger partial charge is 0.497 e. The Balaban J connectivity index is 1.76. The molecule has 1 saturated heterocycles. The minimum atomic E-state index is -1.10. The van der Waals surface area contributed by atoms with Crippen LogP contribution < -0.4 is 10.1 Å². The van der Waals surface area contributed by atoms with Crippen LogP contribution in [0.2, 0.25) is 0 Å². The number of pyridine rings is 1. The fraction of sp³-hybridized carbons (Fsp3) is 0.381. The van der Waals surface area contributed by atoms with Gasteiger partial charge in [-0.15, -0.1) is 0 Å². The lowest BCUT2D eigenvalue weighted by Crippen LogP contribution is -2.40. The highest BCUT2D eigenvalue weighted by molar-refractivity contribution is 5.98. The topological polar surface area (TPSA) is 91.8 Å². The van der Waals surface area contributed by atoms with Crippen molar-refractivity contribution in [3.8, 4) is 5.75 Å². The van der Waals surface area contributed by atoms with Gasteiger partial charge in [0.15, 0.2) is 0 Å². The number of aromatic nitrogens is 1. The second-order valence-corrected chi connectivity index (χ2v) is 6.86. The van der Waals surface area contributed by atoms with Crippen molar-refractivity contribution >= 4 is 11.9 Å². The summed E-state index contributed by atoms with van der Waals surface area (Å²) >= 11 is 0. The molecule has 1 aliphatic heterocycles. The quantitative estimate of drug-likeness (QED) is 0.764. The zero-order chi connectivity index (χ0) is 19.9. The molecule has 1 fully saturated rings. The first kappa shape index (κ1) is 19.8. The summed E-state index contributed by atoms with van der Waals surface area (Å²) in [7, 11) is 1.44. The summed E-state index contributed by atoms with van der Waals surface area (Å²) in [6, 6.07) is 8.25. The number of hydrogen-bond acceptors (Lipinski definition) is 5. The third kappa shape index (κ3) is 4.86. The second-order valence-electron chi connectivity index (χ2n) is 6.86. The smallest absolute Gasteiger partial charge is 0.335 e. The number of aromatic carboxylic acids is 1. The number of nitrogens with one attached hydrogen (secondary N) is 1. The lowest BCUT2D eigenvalue weighted by atomic mass is 10.0. The van der Waals surface area contributed by atoms with Gasteiger partial charge in [0.2, 0.25) is 0 Å². The number of amides is 1. The van der Waals surface area contributed by atoms with Crippen molar-refractivity contribution in [3.63, 3.8) is 0 Å². The molecular formula is C21H25N3O4. The van der Waals surface area contributed by atoms with Crippen LogP contribution in [0, 0.1) is 0 Å². The molecule has 1 aliphatic rings. The van der Waals surface area contributed by atoms with E-state index in [-0.39, 0.29) is 23.1 Å². The van der Waals surface area contributed by atoms with E-state index < -0.39 is 5.97 Å². The first-order chi connectivity index (χ1) is 13.6. The van der Waals surface area contributed by atoms with Crippen LogP contribution in [0.25, 0.3) is 0 Å². The lowest BCUT2D eigenvalue weighted by Gasteiger charge is -2.34. The van der Waals surface area contributed by atoms with Gasteiger partial charge < -0.3 is 15.2 Å². The van der Waals surface area contributed by atoms with Gasteiger partial charge in [0.1, 0.15) is 5.75 Å². The number of likely N-dealkylation sites (tertiary alicyclic amines) is 1. The molecule has 7 nitrogen and oxygen atoms in total. The fourth-order valence-electron chi connectivity index (χ4n) is 3.52. The second kappa shape index (κ2) is 9.32. The monoisotopic (exact) mass is 383 g/mol. The minimum Gasteiger partial charge on any atom is -0.497 e. The van der Waals surface area contributed by atoms with Gasteiger partial charge in [-0.05, 0) is 55.8 Å². The Morgan fingerprint density at radius 1 is 1.21 bits per heavy atom. The number of benzene rings is 1. The maximum absolute atomic E-state index is 12.7. The summed E-state index contributed by atoms with van der Waals surface area (Å²) in [5, 5.41) is 12.2. The molecule has 2 N–H and O–H groups in total. The molecule has 1 aromatic heterocycles. The number of nitrogens with zero attached hydrogens (tertiary/aromatic N) is 2. The Morgan fingerprint density at radius 2 is 1.96 bits per heavy atom. The molecule has 1 atom stereocenters. The molecule has 1 aromatic carbocycles. The predicted octanol–water partition coefficient (Wildman–Crippen LogP) is 2.75. The van der Waals surface area contributed by atoms with Crippen LogP contribution in [0.15, 0.2) is 42.7 Å². The van der Waals surface area contributed by atoms with Gasteiger partial charge in [0, 0.05) is 24.5 Å². The summed E-state index contributed by atoms with van der Waals surface area (Å²) in [6.07, 6.45) is 7.08. The molecule has 0 unspecified atom stereocenters. The number of carbonyl (C=O) groups excluding carboxylic acids is 1. The first-order valence-electron chi connectivity index (χ1n) is 9.43. The zero-order valence-electron chi connectivity index (χ0n) is 15.9. The Morgan fingerprint density at radius 3 is 2.61 bits per heavy atom. The highest BCUT2D eigenvalue weighted by Gasteiger charge is 2.23. The molecule has 0 spiro atoms. The standard InChI is InChI=1S/C21H25N3O4/c1-28-18-11-16(10-17(12-18)21(26)27)20(25)23-14-19(15-6-5-7-22-13-15)24-8-3-2-4-9-24/h5-7,10-13,19H,2-4,8-9,14H2,1H3,(H,23,25)(H,26,27)/t19-/m0/s1. The van der Waals surface area contributed by atoms with Gasteiger partial charge in [-0.2, -0.15) is 0 Å². The predicted molar refractivity (Wildman–Crippen MR) is 105 cm³/mol. The van der Waals surface area contributed by atoms with Gasteiger partial charge in [-0.3, -0.25) is 14.7 Å². The number of carboxylic acids is 1. The van der Waals surface area contributed by atoms with E-state index in [4.69, 9.17) is 4.74 Å². The van der Waals surface area contributed by atoms with E-state index in [0.717, 1.165) is 31.5 Å². The highest BCUT2D eigenvalue weighted by Crippen LogP contribution is 2.24. The van der Waals surface area contributed by atoms with Crippen LogP contribution in [-0.2, 0) is 0 Å². The van der Waals surface area contributed by atoms with E-state index >= 15 is 0 Å². The molecule has 2 heterocycles. The summed E-state index contributed by atoms with van der Waals surface area (Å²) in [5.41, 5.74) is 1.34. The van der Waals surface area contributed by atoms with Crippen LogP contribution in [0.5, 0.6) is 5.75 Å². The van der Waals surface area contributed by atoms with Crippen molar-refractivity contribution in [2.45, 2.75) is 25.3 Å². The van der Waals surface area contributed by atoms with Crippen molar-refractivity contribution in [3.05, 3.63) is 59.4 Å². The Bertz CT molecular complexity index is 820. The number of carbonyl (C=O) groups is 2. The molecule has 2 aromatic rings. The number of methoxy groups -OCH3 is 1. The van der Waals surface area contributed by atoms with Crippen molar-refractivity contribution in [2.24, 2.45) is 0 Å². The van der Waals surface area contributed by atoms with Gasteiger partial charge in [0.05, 0.1) is 18.7 Å². The van der Waals surface area contributed by atoms with Crippen molar-refractivity contribution in [2.75, 3.05) is 26.7 Å². The normalized spacial score (nSPS) is 15.6. The highest BCUT2D eigenvalue weighted by atomic mass is 16.5. The molecule has 148 valence electrons. The third-order valence-corrected chi connectivity index (χ3v) is 5.01. The summed E-state index contributed by atoms with van der Waals surface area (Å²) in [5.74, 6) is -1.09. The number of piperidine rings is 1. The average Bonchev–Trinajstić information content (AvgIpc) is 2.74. The minimum absolute atomic E-state index is 0.0179. The maximum atomic E-state index is 12.7. The van der Waals surface area contributed by atoms with Crippen LogP contribution >= 0.6 is 0 Å². The fourth-order valence-corrected chi connectivity index (χ4v) is 3.52. The Hall–Kier alpha value is -2.93. The summed E-state index contributed by atoms with van der Waals surface area (Å²) in [4.78, 5) is 30.6. The molecule has 7 heteroatoms. The van der Waals surface area contributed by atoms with Crippen LogP contribution in [0.3, 0.4) is 0 Å². The van der Waals surface area contributed by atoms with E-state index in [9.17, 15) is 14.7 Å². The van der Waals surface area contributed by atoms with E-state index in [1.807, 2.05) is 18.3 Å². The van der Waals surface area contributed by atoms with Gasteiger partial charge in [0.25, 0.3) is 5.91 Å². The number of rotatable bonds is 7. The first-order valence-corrected chi connectivity index (χ1v) is 9.43. The van der Waals surface area contributed by atoms with Crippen LogP contribution in [0.1, 0.15) is 51.6 Å². The van der Waals surface area contributed by atoms with Crippen molar-refractivity contribution < 1.29 is 19.4 Å². The Labute approximate surface area is 164 Å². The lowest BCUT2D eigenvalue weighted by molar-refractivity contribution is 0.0696. The van der Waals surface area contributed by atoms with Crippen LogP contribution in [0.4, 0.5) is 0 Å². The Kier molecular flexibility index (Phi) is 6.60. The molecular weight excluding hydrogens is 358 g/mol. The zero-order valence-corrected chi connectivity index (χ0v) is 15.9. The molecule has 0 radical (unpaired) electrons. The van der Waals surface area contributed by atoms with Gasteiger partial charge in [-0.25, -0.2) is 4.79 Å². The van der Waals surface area contributed by atoms with Gasteiger partial charge in [-0.1, -0.05) is 12.5 Å². The van der Waals surface area contributed by atoms with Crippen molar-refractivity contribution in [1.29, 1.82) is 0 Å². The van der Waals surface area contributed by atoms with Crippen molar-refractivity contribution in [1.82, 2.24) is 15.2 Å². The molecule has 3 rings (SSSR count). The van der Waals surface area contributed by atoms with E-state index in [1.54, 1.807) is 12.3 Å². The SMILES string of the molecule is COc1cc(C(=O)O)cc(C(=O)NC[C@@H](c2cccnc2)N2CCCCC2)c1. The van der Waals surface area contributed by atoms with Crippen LogP contribution in [-0.4, -0.2) is 53.6 Å². The molecule has 1 amide bonds. The van der Waals surface area contributed by atoms with E-state index in [2.05, 4.69) is 15.2 Å². The summed E-state index contributed by atoms with van der Waals surface area (Å²) < 4.78 is 5.13. The molecule has 28 heavy (non-hydrogen) atoms. The summed E-state index contributed by atoms with van der Waals surface area (Å²) in [6.45, 7) is 2.39. The van der Waals surface area contributed by atoms with Gasteiger partial charge >= 0.3 is 5.97 Å². The van der Waals surface area contributed by atoms with E-state index in [1.165, 1.54) is 25.7 Å².